The van der Waals surface area contributed by atoms with Gasteiger partial charge in [-0.05, 0) is 58.2 Å². The summed E-state index contributed by atoms with van der Waals surface area (Å²) in [6.07, 6.45) is -4.70. The highest BCUT2D eigenvalue weighted by atomic mass is 79.9. The summed E-state index contributed by atoms with van der Waals surface area (Å²) in [5.74, 6) is 0. The molecule has 1 aliphatic rings. The first-order valence-corrected chi connectivity index (χ1v) is 9.30. The molecule has 0 bridgehead atoms. The molecule has 1 atom stereocenters. The van der Waals surface area contributed by atoms with E-state index in [1.54, 1.807) is 4.90 Å². The summed E-state index contributed by atoms with van der Waals surface area (Å²) in [6, 6.07) is 8.13. The van der Waals surface area contributed by atoms with Gasteiger partial charge in [-0.3, -0.25) is 10.1 Å². The maximum atomic E-state index is 14.1. The summed E-state index contributed by atoms with van der Waals surface area (Å²) in [5, 5.41) is 11.2. The van der Waals surface area contributed by atoms with E-state index in [1.807, 2.05) is 0 Å². The molecule has 0 aromatic heterocycles. The van der Waals surface area contributed by atoms with Crippen molar-refractivity contribution in [3.8, 4) is 0 Å². The summed E-state index contributed by atoms with van der Waals surface area (Å²) in [5.41, 5.74) is -1.81. The fourth-order valence-corrected chi connectivity index (χ4v) is 4.37. The molecule has 27 heavy (non-hydrogen) atoms. The van der Waals surface area contributed by atoms with Crippen LogP contribution in [0.4, 0.5) is 24.5 Å². The number of hydrogen-bond donors (Lipinski definition) is 0. The average Bonchev–Trinajstić information content (AvgIpc) is 3.00. The molecule has 0 saturated carbocycles. The number of halogens is 6. The summed E-state index contributed by atoms with van der Waals surface area (Å²) in [7, 11) is 0. The number of benzene rings is 2. The Hall–Kier alpha value is -1.51. The van der Waals surface area contributed by atoms with Gasteiger partial charge in [0.2, 0.25) is 0 Å². The lowest BCUT2D eigenvalue weighted by atomic mass is 9.79. The SMILES string of the molecule is O=[N+]([O-])c1ccc(N2CCC(c3cc(Cl)cc(Cl)c3)(C(F)(F)F)C2)cc1Br. The molecule has 1 aliphatic heterocycles. The lowest BCUT2D eigenvalue weighted by Gasteiger charge is -2.33. The van der Waals surface area contributed by atoms with Crippen LogP contribution in [0.1, 0.15) is 12.0 Å². The van der Waals surface area contributed by atoms with Crippen molar-refractivity contribution in [1.82, 2.24) is 0 Å². The first-order valence-electron chi connectivity index (χ1n) is 7.76. The van der Waals surface area contributed by atoms with Gasteiger partial charge in [0.1, 0.15) is 5.41 Å². The molecule has 0 aliphatic carbocycles. The van der Waals surface area contributed by atoms with Gasteiger partial charge >= 0.3 is 6.18 Å². The molecule has 0 N–H and O–H groups in total. The number of nitro benzene ring substituents is 1. The molecule has 1 unspecified atom stereocenters. The van der Waals surface area contributed by atoms with Crippen molar-refractivity contribution < 1.29 is 18.1 Å². The van der Waals surface area contributed by atoms with Crippen LogP contribution in [-0.2, 0) is 5.41 Å². The van der Waals surface area contributed by atoms with Crippen LogP contribution >= 0.6 is 39.1 Å². The van der Waals surface area contributed by atoms with E-state index in [4.69, 9.17) is 23.2 Å². The predicted octanol–water partition coefficient (Wildman–Crippen LogP) is 6.37. The lowest BCUT2D eigenvalue weighted by Crippen LogP contribution is -2.44. The predicted molar refractivity (Wildman–Crippen MR) is 102 cm³/mol. The molecule has 2 aromatic rings. The van der Waals surface area contributed by atoms with Gasteiger partial charge in [-0.1, -0.05) is 23.2 Å². The Balaban J connectivity index is 2.01. The van der Waals surface area contributed by atoms with Gasteiger partial charge in [0.05, 0.1) is 9.40 Å². The monoisotopic (exact) mass is 482 g/mol. The number of nitrogens with zero attached hydrogens (tertiary/aromatic N) is 2. The number of rotatable bonds is 3. The second-order valence-corrected chi connectivity index (χ2v) is 8.03. The molecule has 1 fully saturated rings. The van der Waals surface area contributed by atoms with Crippen molar-refractivity contribution in [3.05, 3.63) is 66.6 Å². The normalized spacial score (nSPS) is 20.1. The average molecular weight is 484 g/mol. The van der Waals surface area contributed by atoms with Crippen LogP contribution in [0.25, 0.3) is 0 Å². The van der Waals surface area contributed by atoms with Crippen LogP contribution in [0.15, 0.2) is 40.9 Å². The van der Waals surface area contributed by atoms with E-state index in [0.29, 0.717) is 5.69 Å². The van der Waals surface area contributed by atoms with E-state index in [-0.39, 0.29) is 45.3 Å². The second kappa shape index (κ2) is 7.14. The molecule has 4 nitrogen and oxygen atoms in total. The highest BCUT2D eigenvalue weighted by Crippen LogP contribution is 2.49. The molecule has 1 saturated heterocycles. The standard InChI is InChI=1S/C17H12BrCl2F3N2O2/c18-14-8-13(1-2-15(14)25(26)27)24-4-3-16(9-24,17(21,22)23)10-5-11(19)7-12(20)6-10/h1-2,5-8H,3-4,9H2. The third-order valence-corrected chi connectivity index (χ3v) is 5.79. The first-order chi connectivity index (χ1) is 12.5. The third kappa shape index (κ3) is 3.75. The molecular weight excluding hydrogens is 472 g/mol. The van der Waals surface area contributed by atoms with Crippen LogP contribution in [0.3, 0.4) is 0 Å². The molecule has 3 rings (SSSR count). The molecular formula is C17H12BrCl2F3N2O2. The van der Waals surface area contributed by atoms with E-state index in [0.717, 1.165) is 0 Å². The van der Waals surface area contributed by atoms with Crippen molar-refractivity contribution in [2.45, 2.75) is 18.0 Å². The van der Waals surface area contributed by atoms with E-state index in [9.17, 15) is 23.3 Å². The van der Waals surface area contributed by atoms with Gasteiger partial charge in [-0.15, -0.1) is 0 Å². The van der Waals surface area contributed by atoms with Gasteiger partial charge in [0.15, 0.2) is 0 Å². The summed E-state index contributed by atoms with van der Waals surface area (Å²) in [4.78, 5) is 11.9. The van der Waals surface area contributed by atoms with Crippen molar-refractivity contribution in [2.75, 3.05) is 18.0 Å². The van der Waals surface area contributed by atoms with Crippen LogP contribution in [0.2, 0.25) is 10.0 Å². The van der Waals surface area contributed by atoms with Gasteiger partial charge in [0.25, 0.3) is 5.69 Å². The number of hydrogen-bond acceptors (Lipinski definition) is 3. The minimum absolute atomic E-state index is 0.0102. The number of nitro groups is 1. The Morgan fingerprint density at radius 1 is 1.15 bits per heavy atom. The Kier molecular flexibility index (Phi) is 5.35. The molecule has 144 valence electrons. The van der Waals surface area contributed by atoms with E-state index in [1.165, 1.54) is 36.4 Å². The van der Waals surface area contributed by atoms with Crippen molar-refractivity contribution in [3.63, 3.8) is 0 Å². The second-order valence-electron chi connectivity index (χ2n) is 6.30. The Bertz CT molecular complexity index is 890. The van der Waals surface area contributed by atoms with Gasteiger partial charge in [-0.25, -0.2) is 0 Å². The fraction of sp³-hybridized carbons (Fsp3) is 0.294. The molecule has 2 aromatic carbocycles. The van der Waals surface area contributed by atoms with Crippen molar-refractivity contribution in [2.24, 2.45) is 0 Å². The maximum absolute atomic E-state index is 14.1. The van der Waals surface area contributed by atoms with Crippen LogP contribution in [0, 0.1) is 10.1 Å². The molecule has 10 heteroatoms. The summed E-state index contributed by atoms with van der Waals surface area (Å²) < 4.78 is 42.5. The molecule has 1 heterocycles. The zero-order valence-electron chi connectivity index (χ0n) is 13.6. The zero-order chi connectivity index (χ0) is 20.0. The van der Waals surface area contributed by atoms with E-state index in [2.05, 4.69) is 15.9 Å². The minimum atomic E-state index is -4.52. The van der Waals surface area contributed by atoms with Crippen LogP contribution in [0.5, 0.6) is 0 Å². The van der Waals surface area contributed by atoms with Crippen LogP contribution in [-0.4, -0.2) is 24.2 Å². The quantitative estimate of drug-likeness (QED) is 0.376. The zero-order valence-corrected chi connectivity index (χ0v) is 16.7. The summed E-state index contributed by atoms with van der Waals surface area (Å²) >= 11 is 15.0. The van der Waals surface area contributed by atoms with Crippen molar-refractivity contribution in [1.29, 1.82) is 0 Å². The lowest BCUT2D eigenvalue weighted by molar-refractivity contribution is -0.385. The summed E-state index contributed by atoms with van der Waals surface area (Å²) in [6.45, 7) is -0.203. The van der Waals surface area contributed by atoms with E-state index < -0.39 is 16.5 Å². The number of anilines is 1. The van der Waals surface area contributed by atoms with Crippen LogP contribution < -0.4 is 4.90 Å². The number of alkyl halides is 3. The van der Waals surface area contributed by atoms with Gasteiger partial charge in [-0.2, -0.15) is 13.2 Å². The molecule has 0 spiro atoms. The highest BCUT2D eigenvalue weighted by molar-refractivity contribution is 9.10. The minimum Gasteiger partial charge on any atom is -0.370 e. The Morgan fingerprint density at radius 2 is 1.78 bits per heavy atom. The largest absolute Gasteiger partial charge is 0.400 e. The Morgan fingerprint density at radius 3 is 2.30 bits per heavy atom. The van der Waals surface area contributed by atoms with Gasteiger partial charge in [0, 0.05) is 34.9 Å². The molecule has 0 amide bonds. The Labute approximate surface area is 171 Å². The maximum Gasteiger partial charge on any atom is 0.400 e. The first kappa shape index (κ1) is 20.2. The highest BCUT2D eigenvalue weighted by Gasteiger charge is 2.59. The third-order valence-electron chi connectivity index (χ3n) is 4.72. The van der Waals surface area contributed by atoms with Crippen molar-refractivity contribution >= 4 is 50.5 Å². The fourth-order valence-electron chi connectivity index (χ4n) is 3.33. The topological polar surface area (TPSA) is 46.4 Å². The van der Waals surface area contributed by atoms with Gasteiger partial charge < -0.3 is 4.90 Å². The van der Waals surface area contributed by atoms with E-state index >= 15 is 0 Å². The molecule has 0 radical (unpaired) electrons. The smallest absolute Gasteiger partial charge is 0.370 e.